The molecule has 0 bridgehead atoms. The van der Waals surface area contributed by atoms with Crippen LogP contribution in [0.5, 0.6) is 0 Å². The molecule has 0 aromatic heterocycles. The summed E-state index contributed by atoms with van der Waals surface area (Å²) in [6, 6.07) is 8.66. The smallest absolute Gasteiger partial charge is 0.0966 e. The first kappa shape index (κ1) is 10.7. The van der Waals surface area contributed by atoms with E-state index in [1.165, 1.54) is 11.1 Å². The van der Waals surface area contributed by atoms with E-state index in [9.17, 15) is 0 Å². The highest BCUT2D eigenvalue weighted by Gasteiger charge is 2.37. The molecule has 1 aliphatic rings. The molecule has 2 nitrogen and oxygen atoms in total. The Balaban J connectivity index is 2.15. The van der Waals surface area contributed by atoms with Crippen molar-refractivity contribution >= 4 is 0 Å². The highest BCUT2D eigenvalue weighted by Crippen LogP contribution is 2.23. The molecular weight excluding hydrogens is 186 g/mol. The predicted octanol–water partition coefficient (Wildman–Crippen LogP) is 1.78. The lowest BCUT2D eigenvalue weighted by atomic mass is 9.86. The van der Waals surface area contributed by atoms with Crippen molar-refractivity contribution in [1.29, 1.82) is 0 Å². The van der Waals surface area contributed by atoms with Crippen molar-refractivity contribution in [1.82, 2.24) is 5.32 Å². The number of hydrogen-bond acceptors (Lipinski definition) is 2. The molecule has 2 rings (SSSR count). The average Bonchev–Trinajstić information content (AvgIpc) is 2.24. The van der Waals surface area contributed by atoms with Gasteiger partial charge in [-0.25, -0.2) is 0 Å². The number of methoxy groups -OCH3 is 1. The second-order valence-corrected chi connectivity index (χ2v) is 4.29. The Bertz CT molecular complexity index is 326. The lowest BCUT2D eigenvalue weighted by molar-refractivity contribution is -0.0503. The Hall–Kier alpha value is -0.860. The van der Waals surface area contributed by atoms with Crippen molar-refractivity contribution < 1.29 is 4.74 Å². The van der Waals surface area contributed by atoms with Gasteiger partial charge >= 0.3 is 0 Å². The Morgan fingerprint density at radius 1 is 1.27 bits per heavy atom. The maximum absolute atomic E-state index is 5.61. The van der Waals surface area contributed by atoms with E-state index in [1.807, 2.05) is 7.11 Å². The number of hydrogen-bond donors (Lipinski definition) is 1. The Kier molecular flexibility index (Phi) is 3.08. The van der Waals surface area contributed by atoms with Crippen molar-refractivity contribution in [3.8, 4) is 0 Å². The van der Waals surface area contributed by atoms with Gasteiger partial charge in [0.15, 0.2) is 0 Å². The molecule has 1 N–H and O–H groups in total. The van der Waals surface area contributed by atoms with Gasteiger partial charge < -0.3 is 10.1 Å². The van der Waals surface area contributed by atoms with E-state index >= 15 is 0 Å². The van der Waals surface area contributed by atoms with E-state index < -0.39 is 0 Å². The van der Waals surface area contributed by atoms with E-state index in [2.05, 4.69) is 36.5 Å². The standard InChI is InChI=1S/C13H19NO/c1-3-11-6-4-5-7-12(11)8-13(15-2)9-14-10-13/h4-7,14H,3,8-10H2,1-2H3. The molecule has 0 aliphatic carbocycles. The van der Waals surface area contributed by atoms with Crippen LogP contribution in [0.2, 0.25) is 0 Å². The van der Waals surface area contributed by atoms with Gasteiger partial charge in [0.1, 0.15) is 0 Å². The predicted molar refractivity (Wildman–Crippen MR) is 62.1 cm³/mol. The molecule has 15 heavy (non-hydrogen) atoms. The molecule has 0 spiro atoms. The number of ether oxygens (including phenoxy) is 1. The third-order valence-electron chi connectivity index (χ3n) is 3.34. The van der Waals surface area contributed by atoms with Gasteiger partial charge in [-0.05, 0) is 17.5 Å². The van der Waals surface area contributed by atoms with Crippen LogP contribution in [-0.2, 0) is 17.6 Å². The van der Waals surface area contributed by atoms with Crippen LogP contribution in [0.25, 0.3) is 0 Å². The van der Waals surface area contributed by atoms with Crippen molar-refractivity contribution in [2.75, 3.05) is 20.2 Å². The zero-order valence-corrected chi connectivity index (χ0v) is 9.55. The highest BCUT2D eigenvalue weighted by atomic mass is 16.5. The van der Waals surface area contributed by atoms with E-state index in [1.54, 1.807) is 0 Å². The molecule has 0 radical (unpaired) electrons. The Morgan fingerprint density at radius 3 is 2.40 bits per heavy atom. The van der Waals surface area contributed by atoms with Gasteiger partial charge in [0.2, 0.25) is 0 Å². The third kappa shape index (κ3) is 2.06. The van der Waals surface area contributed by atoms with Crippen LogP contribution in [0.1, 0.15) is 18.1 Å². The molecule has 82 valence electrons. The van der Waals surface area contributed by atoms with Crippen LogP contribution >= 0.6 is 0 Å². The van der Waals surface area contributed by atoms with E-state index in [0.29, 0.717) is 0 Å². The zero-order chi connectivity index (χ0) is 10.7. The lowest BCUT2D eigenvalue weighted by Gasteiger charge is -2.41. The molecule has 1 fully saturated rings. The first-order valence-corrected chi connectivity index (χ1v) is 5.62. The van der Waals surface area contributed by atoms with Crippen LogP contribution in [0, 0.1) is 0 Å². The fourth-order valence-electron chi connectivity index (χ4n) is 2.17. The quantitative estimate of drug-likeness (QED) is 0.809. The average molecular weight is 205 g/mol. The van der Waals surface area contributed by atoms with Crippen LogP contribution in [0.3, 0.4) is 0 Å². The summed E-state index contributed by atoms with van der Waals surface area (Å²) < 4.78 is 5.61. The summed E-state index contributed by atoms with van der Waals surface area (Å²) in [6.07, 6.45) is 2.13. The van der Waals surface area contributed by atoms with E-state index in [4.69, 9.17) is 4.74 Å². The SMILES string of the molecule is CCc1ccccc1CC1(OC)CNC1. The molecule has 1 aliphatic heterocycles. The maximum Gasteiger partial charge on any atom is 0.0966 e. The Labute approximate surface area is 91.6 Å². The summed E-state index contributed by atoms with van der Waals surface area (Å²) in [5.74, 6) is 0. The molecule has 0 atom stereocenters. The van der Waals surface area contributed by atoms with Crippen LogP contribution in [-0.4, -0.2) is 25.8 Å². The molecule has 0 unspecified atom stereocenters. The summed E-state index contributed by atoms with van der Waals surface area (Å²) in [6.45, 7) is 4.15. The minimum atomic E-state index is 0.0469. The number of aryl methyl sites for hydroxylation is 1. The van der Waals surface area contributed by atoms with Crippen LogP contribution in [0.4, 0.5) is 0 Å². The molecule has 1 heterocycles. The summed E-state index contributed by atoms with van der Waals surface area (Å²) in [5.41, 5.74) is 2.93. The van der Waals surface area contributed by atoms with Gasteiger partial charge in [-0.3, -0.25) is 0 Å². The van der Waals surface area contributed by atoms with Gasteiger partial charge in [-0.15, -0.1) is 0 Å². The second kappa shape index (κ2) is 4.33. The van der Waals surface area contributed by atoms with Crippen molar-refractivity contribution in [2.24, 2.45) is 0 Å². The molecule has 0 saturated carbocycles. The van der Waals surface area contributed by atoms with Crippen LogP contribution < -0.4 is 5.32 Å². The van der Waals surface area contributed by atoms with Crippen molar-refractivity contribution in [2.45, 2.75) is 25.4 Å². The number of rotatable bonds is 4. The highest BCUT2D eigenvalue weighted by molar-refractivity contribution is 5.29. The summed E-state index contributed by atoms with van der Waals surface area (Å²) in [4.78, 5) is 0. The fraction of sp³-hybridized carbons (Fsp3) is 0.538. The van der Waals surface area contributed by atoms with Crippen LogP contribution in [0.15, 0.2) is 24.3 Å². The monoisotopic (exact) mass is 205 g/mol. The van der Waals surface area contributed by atoms with Gasteiger partial charge in [0.25, 0.3) is 0 Å². The molecule has 1 aromatic rings. The lowest BCUT2D eigenvalue weighted by Crippen LogP contribution is -2.61. The summed E-state index contributed by atoms with van der Waals surface area (Å²) in [5, 5.41) is 3.29. The van der Waals surface area contributed by atoms with E-state index in [0.717, 1.165) is 25.9 Å². The summed E-state index contributed by atoms with van der Waals surface area (Å²) >= 11 is 0. The van der Waals surface area contributed by atoms with Gasteiger partial charge in [0.05, 0.1) is 5.60 Å². The molecule has 1 aromatic carbocycles. The molecule has 0 amide bonds. The zero-order valence-electron chi connectivity index (χ0n) is 9.55. The molecule has 2 heteroatoms. The summed E-state index contributed by atoms with van der Waals surface area (Å²) in [7, 11) is 1.81. The van der Waals surface area contributed by atoms with Gasteiger partial charge in [0, 0.05) is 26.6 Å². The van der Waals surface area contributed by atoms with Crippen molar-refractivity contribution in [3.05, 3.63) is 35.4 Å². The minimum Gasteiger partial charge on any atom is -0.375 e. The largest absolute Gasteiger partial charge is 0.375 e. The molecule has 1 saturated heterocycles. The number of nitrogens with one attached hydrogen (secondary N) is 1. The number of benzene rings is 1. The van der Waals surface area contributed by atoms with Gasteiger partial charge in [-0.2, -0.15) is 0 Å². The third-order valence-corrected chi connectivity index (χ3v) is 3.34. The Morgan fingerprint density at radius 2 is 1.93 bits per heavy atom. The second-order valence-electron chi connectivity index (χ2n) is 4.29. The molecular formula is C13H19NO. The van der Waals surface area contributed by atoms with E-state index in [-0.39, 0.29) is 5.60 Å². The first-order valence-electron chi connectivity index (χ1n) is 5.62. The van der Waals surface area contributed by atoms with Crippen molar-refractivity contribution in [3.63, 3.8) is 0 Å². The normalized spacial score (nSPS) is 18.5. The maximum atomic E-state index is 5.61. The first-order chi connectivity index (χ1) is 7.29. The topological polar surface area (TPSA) is 21.3 Å². The fourth-order valence-corrected chi connectivity index (χ4v) is 2.17. The minimum absolute atomic E-state index is 0.0469. The van der Waals surface area contributed by atoms with Gasteiger partial charge in [-0.1, -0.05) is 31.2 Å².